The van der Waals surface area contributed by atoms with Crippen molar-refractivity contribution < 1.29 is 36.1 Å². The number of halogens is 1. The van der Waals surface area contributed by atoms with Gasteiger partial charge in [0.05, 0.1) is 24.2 Å². The van der Waals surface area contributed by atoms with Gasteiger partial charge in [-0.25, -0.2) is 14.0 Å². The van der Waals surface area contributed by atoms with Gasteiger partial charge in [0.25, 0.3) is 10.1 Å². The van der Waals surface area contributed by atoms with Crippen molar-refractivity contribution in [1.29, 1.82) is 0 Å². The van der Waals surface area contributed by atoms with Crippen LogP contribution in [0.1, 0.15) is 26.3 Å². The number of anilines is 2. The molecule has 2 saturated heterocycles. The summed E-state index contributed by atoms with van der Waals surface area (Å²) in [7, 11) is -3.68. The van der Waals surface area contributed by atoms with Gasteiger partial charge in [-0.3, -0.25) is 9.08 Å². The quantitative estimate of drug-likeness (QED) is 0.435. The van der Waals surface area contributed by atoms with E-state index in [1.165, 1.54) is 11.0 Å². The van der Waals surface area contributed by atoms with Gasteiger partial charge in [0.2, 0.25) is 0 Å². The van der Waals surface area contributed by atoms with Crippen LogP contribution in [0.25, 0.3) is 0 Å². The Hall–Kier alpha value is -3.38. The summed E-state index contributed by atoms with van der Waals surface area (Å²) in [6, 6.07) is 14.3. The highest BCUT2D eigenvalue weighted by Crippen LogP contribution is 2.51. The molecule has 0 radical (unpaired) electrons. The molecule has 0 aromatic heterocycles. The molecule has 216 valence electrons. The minimum atomic E-state index is -3.68. The van der Waals surface area contributed by atoms with E-state index < -0.39 is 33.7 Å². The van der Waals surface area contributed by atoms with E-state index in [0.29, 0.717) is 31.0 Å². The topological polar surface area (TPSA) is 106 Å². The molecule has 12 heteroatoms. The Labute approximate surface area is 233 Å². The van der Waals surface area contributed by atoms with Crippen molar-refractivity contribution >= 4 is 33.7 Å². The average molecular weight is 576 g/mol. The Bertz CT molecular complexity index is 1370. The van der Waals surface area contributed by atoms with Crippen LogP contribution in [-0.2, 0) is 30.3 Å². The number of amides is 2. The smallest absolute Gasteiger partial charge is 0.414 e. The van der Waals surface area contributed by atoms with Crippen molar-refractivity contribution in [2.75, 3.05) is 42.3 Å². The Balaban J connectivity index is 1.23. The zero-order chi connectivity index (χ0) is 28.8. The Kier molecular flexibility index (Phi) is 7.43. The van der Waals surface area contributed by atoms with E-state index in [1.807, 2.05) is 56.0 Å². The van der Waals surface area contributed by atoms with Crippen molar-refractivity contribution in [3.05, 3.63) is 59.9 Å². The lowest BCUT2D eigenvalue weighted by Gasteiger charge is -2.31. The van der Waals surface area contributed by atoms with Crippen molar-refractivity contribution in [2.24, 2.45) is 11.8 Å². The summed E-state index contributed by atoms with van der Waals surface area (Å²) < 4.78 is 53.3. The fraction of sp³-hybridized carbons (Fsp3) is 0.500. The first-order valence-corrected chi connectivity index (χ1v) is 15.0. The van der Waals surface area contributed by atoms with Gasteiger partial charge in [0, 0.05) is 37.5 Å². The van der Waals surface area contributed by atoms with Crippen LogP contribution in [0.5, 0.6) is 0 Å². The number of piperidine rings is 1. The second-order valence-corrected chi connectivity index (χ2v) is 13.2. The highest BCUT2D eigenvalue weighted by molar-refractivity contribution is 7.85. The summed E-state index contributed by atoms with van der Waals surface area (Å²) in [4.78, 5) is 30.5. The first-order chi connectivity index (χ1) is 18.8. The predicted molar refractivity (Wildman–Crippen MR) is 146 cm³/mol. The molecule has 2 amide bonds. The van der Waals surface area contributed by atoms with Crippen molar-refractivity contribution in [2.45, 2.75) is 45.1 Å². The summed E-state index contributed by atoms with van der Waals surface area (Å²) in [5, 5.41) is 0. The Morgan fingerprint density at radius 2 is 1.77 bits per heavy atom. The standard InChI is InChI=1S/C28H34FN3O7S/c1-28(2,3)39-27(34)32(13-18-8-6-5-7-9-18)25-21-15-30(16-22(21)25)24-11-10-19(12-23(24)29)31-14-20(38-26(31)33)17-37-40(4,35)36/h5-12,20-22,25H,13-17H2,1-4H3/t20-,21-,22+,25?/m1/s1. The second kappa shape index (κ2) is 10.5. The largest absolute Gasteiger partial charge is 0.444 e. The highest BCUT2D eigenvalue weighted by Gasteiger charge is 2.60. The van der Waals surface area contributed by atoms with Crippen LogP contribution in [0.4, 0.5) is 25.4 Å². The molecule has 1 unspecified atom stereocenters. The van der Waals surface area contributed by atoms with Gasteiger partial charge in [-0.15, -0.1) is 0 Å². The van der Waals surface area contributed by atoms with E-state index in [-0.39, 0.29) is 37.1 Å². The number of hydrogen-bond acceptors (Lipinski definition) is 8. The molecule has 40 heavy (non-hydrogen) atoms. The fourth-order valence-electron chi connectivity index (χ4n) is 5.49. The molecule has 2 aliphatic heterocycles. The van der Waals surface area contributed by atoms with Crippen LogP contribution < -0.4 is 9.80 Å². The van der Waals surface area contributed by atoms with Crippen LogP contribution in [0.15, 0.2) is 48.5 Å². The van der Waals surface area contributed by atoms with E-state index in [4.69, 9.17) is 13.7 Å². The van der Waals surface area contributed by atoms with Gasteiger partial charge in [0.1, 0.15) is 24.1 Å². The molecule has 3 fully saturated rings. The number of nitrogens with zero attached hydrogens (tertiary/aromatic N) is 3. The molecule has 10 nitrogen and oxygen atoms in total. The van der Waals surface area contributed by atoms with Gasteiger partial charge in [0.15, 0.2) is 0 Å². The summed E-state index contributed by atoms with van der Waals surface area (Å²) in [6.45, 7) is 6.91. The predicted octanol–water partition coefficient (Wildman–Crippen LogP) is 4.00. The molecule has 1 saturated carbocycles. The van der Waals surface area contributed by atoms with E-state index in [1.54, 1.807) is 17.0 Å². The fourth-order valence-corrected chi connectivity index (χ4v) is 5.88. The lowest BCUT2D eigenvalue weighted by atomic mass is 10.2. The lowest BCUT2D eigenvalue weighted by molar-refractivity contribution is 0.0195. The monoisotopic (exact) mass is 575 g/mol. The molecule has 2 aromatic carbocycles. The van der Waals surface area contributed by atoms with Crippen molar-refractivity contribution in [3.63, 3.8) is 0 Å². The summed E-state index contributed by atoms with van der Waals surface area (Å²) in [6.07, 6.45) is -0.912. The molecular formula is C28H34FN3O7S. The number of benzene rings is 2. The SMILES string of the molecule is CC(C)(C)OC(=O)N(Cc1ccccc1)C1[C@H]2CN(c3ccc(N4C[C@H](COS(C)(=O)=O)OC4=O)cc3F)C[C@@H]12. The maximum absolute atomic E-state index is 15.3. The van der Waals surface area contributed by atoms with E-state index in [0.717, 1.165) is 11.8 Å². The minimum absolute atomic E-state index is 0.0131. The third-order valence-corrected chi connectivity index (χ3v) is 7.82. The molecule has 0 spiro atoms. The van der Waals surface area contributed by atoms with Gasteiger partial charge in [-0.1, -0.05) is 30.3 Å². The van der Waals surface area contributed by atoms with Gasteiger partial charge in [-0.05, 0) is 44.5 Å². The first kappa shape index (κ1) is 28.2. The van der Waals surface area contributed by atoms with Gasteiger partial charge in [-0.2, -0.15) is 8.42 Å². The lowest BCUT2D eigenvalue weighted by Crippen LogP contribution is -2.41. The number of rotatable bonds is 8. The Morgan fingerprint density at radius 3 is 2.38 bits per heavy atom. The van der Waals surface area contributed by atoms with E-state index in [9.17, 15) is 18.0 Å². The zero-order valence-electron chi connectivity index (χ0n) is 22.9. The van der Waals surface area contributed by atoms with Crippen molar-refractivity contribution in [3.8, 4) is 0 Å². The maximum atomic E-state index is 15.3. The molecule has 0 bridgehead atoms. The first-order valence-electron chi connectivity index (χ1n) is 13.2. The number of carbonyl (C=O) groups excluding carboxylic acids is 2. The molecule has 2 aromatic rings. The Morgan fingerprint density at radius 1 is 1.10 bits per heavy atom. The number of cyclic esters (lactones) is 1. The van der Waals surface area contributed by atoms with Crippen LogP contribution in [0, 0.1) is 17.7 Å². The average Bonchev–Trinajstić information content (AvgIpc) is 3.17. The third kappa shape index (κ3) is 6.33. The van der Waals surface area contributed by atoms with Crippen LogP contribution in [0.3, 0.4) is 0 Å². The molecule has 4 atom stereocenters. The molecule has 2 heterocycles. The normalized spacial score (nSPS) is 24.1. The summed E-state index contributed by atoms with van der Waals surface area (Å²) >= 11 is 0. The minimum Gasteiger partial charge on any atom is -0.444 e. The van der Waals surface area contributed by atoms with E-state index in [2.05, 4.69) is 0 Å². The van der Waals surface area contributed by atoms with E-state index >= 15 is 4.39 Å². The molecule has 5 rings (SSSR count). The van der Waals surface area contributed by atoms with Crippen LogP contribution >= 0.6 is 0 Å². The molecule has 3 aliphatic rings. The highest BCUT2D eigenvalue weighted by atomic mass is 32.2. The van der Waals surface area contributed by atoms with Crippen LogP contribution in [-0.4, -0.2) is 75.7 Å². The number of carbonyl (C=O) groups is 2. The number of ether oxygens (including phenoxy) is 2. The number of fused-ring (bicyclic) bond motifs is 1. The molecule has 0 N–H and O–H groups in total. The number of hydrogen-bond donors (Lipinski definition) is 0. The van der Waals surface area contributed by atoms with Crippen LogP contribution in [0.2, 0.25) is 0 Å². The third-order valence-electron chi connectivity index (χ3n) is 7.26. The summed E-state index contributed by atoms with van der Waals surface area (Å²) in [5.74, 6) is -0.0915. The second-order valence-electron chi connectivity index (χ2n) is 11.6. The zero-order valence-corrected chi connectivity index (χ0v) is 23.8. The van der Waals surface area contributed by atoms with Crippen molar-refractivity contribution in [1.82, 2.24) is 4.90 Å². The maximum Gasteiger partial charge on any atom is 0.414 e. The van der Waals surface area contributed by atoms with Gasteiger partial charge >= 0.3 is 12.2 Å². The summed E-state index contributed by atoms with van der Waals surface area (Å²) in [5.41, 5.74) is 1.14. The molecular weight excluding hydrogens is 541 g/mol. The van der Waals surface area contributed by atoms with Gasteiger partial charge < -0.3 is 19.3 Å². The molecule has 1 aliphatic carbocycles.